The molecule has 0 atom stereocenters. The fourth-order valence-electron chi connectivity index (χ4n) is 1.63. The quantitative estimate of drug-likeness (QED) is 0.585. The summed E-state index contributed by atoms with van der Waals surface area (Å²) in [6.45, 7) is 0. The summed E-state index contributed by atoms with van der Waals surface area (Å²) in [5, 5.41) is 16.4. The number of benzene rings is 1. The van der Waals surface area contributed by atoms with Crippen LogP contribution in [0.3, 0.4) is 0 Å². The zero-order valence-electron chi connectivity index (χ0n) is 10.8. The topological polar surface area (TPSA) is 110 Å². The van der Waals surface area contributed by atoms with E-state index in [0.717, 1.165) is 12.1 Å². The van der Waals surface area contributed by atoms with Gasteiger partial charge in [0.05, 0.1) is 5.69 Å². The highest BCUT2D eigenvalue weighted by Crippen LogP contribution is 2.26. The van der Waals surface area contributed by atoms with Crippen molar-refractivity contribution < 1.29 is 27.8 Å². The maximum absolute atomic E-state index is 12.1. The average Bonchev–Trinajstić information content (AvgIpc) is 2.45. The van der Waals surface area contributed by atoms with Crippen molar-refractivity contribution in [3.8, 4) is 17.0 Å². The fourth-order valence-corrected chi connectivity index (χ4v) is 1.63. The number of rotatable bonds is 4. The molecule has 7 nitrogen and oxygen atoms in total. The van der Waals surface area contributed by atoms with Crippen molar-refractivity contribution in [3.05, 3.63) is 35.9 Å². The molecule has 0 fully saturated rings. The van der Waals surface area contributed by atoms with E-state index in [4.69, 9.17) is 10.9 Å². The molecule has 0 aliphatic heterocycles. The summed E-state index contributed by atoms with van der Waals surface area (Å²) in [7, 11) is 0. The molecule has 0 aliphatic carbocycles. The molecular formula is C12H9F3N4O3. The number of ether oxygens (including phenoxy) is 1. The molecule has 0 bridgehead atoms. The summed E-state index contributed by atoms with van der Waals surface area (Å²) in [5.74, 6) is 3.31. The summed E-state index contributed by atoms with van der Waals surface area (Å²) in [6.07, 6.45) is -4.79. The van der Waals surface area contributed by atoms with Gasteiger partial charge in [-0.1, -0.05) is 0 Å². The van der Waals surface area contributed by atoms with Crippen LogP contribution in [-0.4, -0.2) is 27.6 Å². The Morgan fingerprint density at radius 2 is 1.86 bits per heavy atom. The Hall–Kier alpha value is -2.88. The summed E-state index contributed by atoms with van der Waals surface area (Å²) in [4.78, 5) is 11.1. The number of nitrogens with zero attached hydrogens (tertiary/aromatic N) is 2. The van der Waals surface area contributed by atoms with Gasteiger partial charge in [-0.2, -0.15) is 0 Å². The summed E-state index contributed by atoms with van der Waals surface area (Å²) in [6, 6.07) is 5.96. The fraction of sp³-hybridized carbons (Fsp3) is 0.0833. The van der Waals surface area contributed by atoms with E-state index in [9.17, 15) is 18.0 Å². The van der Waals surface area contributed by atoms with Gasteiger partial charge >= 0.3 is 12.3 Å². The van der Waals surface area contributed by atoms with Crippen LogP contribution < -0.4 is 16.0 Å². The number of nitrogens with one attached hydrogen (secondary N) is 1. The maximum Gasteiger partial charge on any atom is 0.573 e. The lowest BCUT2D eigenvalue weighted by Gasteiger charge is -2.09. The molecule has 1 aromatic carbocycles. The molecule has 0 amide bonds. The zero-order valence-corrected chi connectivity index (χ0v) is 10.8. The molecule has 2 aromatic rings. The highest BCUT2D eigenvalue weighted by atomic mass is 19.4. The molecular weight excluding hydrogens is 305 g/mol. The smallest absolute Gasteiger partial charge is 0.478 e. The second-order valence-corrected chi connectivity index (χ2v) is 4.01. The Labute approximate surface area is 121 Å². The number of alkyl halides is 3. The van der Waals surface area contributed by atoms with Gasteiger partial charge in [0.25, 0.3) is 0 Å². The molecule has 2 rings (SSSR count). The van der Waals surface area contributed by atoms with Gasteiger partial charge < -0.3 is 15.3 Å². The van der Waals surface area contributed by atoms with Gasteiger partial charge in [-0.05, 0) is 30.3 Å². The van der Waals surface area contributed by atoms with Crippen LogP contribution in [0, 0.1) is 0 Å². The first-order valence-electron chi connectivity index (χ1n) is 5.74. The Balaban J connectivity index is 2.32. The van der Waals surface area contributed by atoms with Crippen molar-refractivity contribution in [2.45, 2.75) is 6.36 Å². The highest BCUT2D eigenvalue weighted by molar-refractivity contribution is 5.94. The van der Waals surface area contributed by atoms with Crippen LogP contribution in [0.15, 0.2) is 30.3 Å². The predicted molar refractivity (Wildman–Crippen MR) is 68.9 cm³/mol. The largest absolute Gasteiger partial charge is 0.573 e. The molecule has 22 heavy (non-hydrogen) atoms. The number of hydrogen-bond donors (Lipinski definition) is 3. The lowest BCUT2D eigenvalue weighted by Crippen LogP contribution is -2.17. The molecule has 0 spiro atoms. The summed E-state index contributed by atoms with van der Waals surface area (Å²) < 4.78 is 39.9. The number of hydrogen-bond acceptors (Lipinski definition) is 6. The van der Waals surface area contributed by atoms with Crippen LogP contribution in [0.2, 0.25) is 0 Å². The second kappa shape index (κ2) is 5.85. The van der Waals surface area contributed by atoms with E-state index in [-0.39, 0.29) is 17.1 Å². The van der Waals surface area contributed by atoms with Gasteiger partial charge in [0.15, 0.2) is 5.82 Å². The molecule has 1 heterocycles. The summed E-state index contributed by atoms with van der Waals surface area (Å²) in [5.41, 5.74) is 2.40. The van der Waals surface area contributed by atoms with E-state index in [2.05, 4.69) is 20.4 Å². The first-order valence-corrected chi connectivity index (χ1v) is 5.74. The number of nitrogens with two attached hydrogens (primary N) is 1. The highest BCUT2D eigenvalue weighted by Gasteiger charge is 2.31. The molecule has 116 valence electrons. The number of carboxylic acid groups (broad SMARTS) is 1. The van der Waals surface area contributed by atoms with Crippen molar-refractivity contribution in [1.82, 2.24) is 10.2 Å². The number of anilines is 1. The number of carboxylic acids is 1. The normalized spacial score (nSPS) is 11.1. The van der Waals surface area contributed by atoms with Crippen LogP contribution in [0.4, 0.5) is 19.0 Å². The predicted octanol–water partition coefficient (Wildman–Crippen LogP) is 2.03. The Bertz CT molecular complexity index is 689. The number of aromatic nitrogens is 2. The summed E-state index contributed by atoms with van der Waals surface area (Å²) >= 11 is 0. The van der Waals surface area contributed by atoms with Crippen LogP contribution in [0.5, 0.6) is 5.75 Å². The molecule has 0 aliphatic rings. The number of nitrogen functional groups attached to an aromatic ring is 1. The minimum atomic E-state index is -4.79. The molecule has 0 saturated heterocycles. The maximum atomic E-state index is 12.1. The van der Waals surface area contributed by atoms with Gasteiger partial charge in [-0.3, -0.25) is 0 Å². The number of aromatic carboxylic acids is 1. The molecule has 0 radical (unpaired) electrons. The number of halogens is 3. The van der Waals surface area contributed by atoms with Crippen molar-refractivity contribution in [3.63, 3.8) is 0 Å². The first kappa shape index (κ1) is 15.5. The van der Waals surface area contributed by atoms with Crippen LogP contribution >= 0.6 is 0 Å². The molecule has 4 N–H and O–H groups in total. The second-order valence-electron chi connectivity index (χ2n) is 4.01. The minimum absolute atomic E-state index is 0.131. The molecule has 10 heteroatoms. The van der Waals surface area contributed by atoms with Gasteiger partial charge in [-0.15, -0.1) is 23.4 Å². The van der Waals surface area contributed by atoms with Gasteiger partial charge in [0, 0.05) is 5.56 Å². The molecule has 1 aromatic heterocycles. The van der Waals surface area contributed by atoms with E-state index in [0.29, 0.717) is 5.56 Å². The third-order valence-electron chi connectivity index (χ3n) is 2.54. The third kappa shape index (κ3) is 3.61. The Morgan fingerprint density at radius 3 is 2.36 bits per heavy atom. The zero-order chi connectivity index (χ0) is 16.3. The van der Waals surface area contributed by atoms with Crippen LogP contribution in [0.1, 0.15) is 10.4 Å². The standard InChI is InChI=1S/C12H9F3N4O3/c13-12(14,15)22-7-3-1-6(2-4-7)9-5-8(11(20)21)10(17-16)19-18-9/h1-5H,16H2,(H,17,19)(H,20,21). The first-order chi connectivity index (χ1) is 10.3. The van der Waals surface area contributed by atoms with Gasteiger partial charge in [0.1, 0.15) is 11.3 Å². The van der Waals surface area contributed by atoms with E-state index in [1.807, 2.05) is 0 Å². The van der Waals surface area contributed by atoms with Crippen molar-refractivity contribution in [2.75, 3.05) is 5.43 Å². The lowest BCUT2D eigenvalue weighted by atomic mass is 10.1. The van der Waals surface area contributed by atoms with Crippen LogP contribution in [0.25, 0.3) is 11.3 Å². The van der Waals surface area contributed by atoms with E-state index in [1.54, 1.807) is 0 Å². The Morgan fingerprint density at radius 1 is 1.23 bits per heavy atom. The lowest BCUT2D eigenvalue weighted by molar-refractivity contribution is -0.274. The van der Waals surface area contributed by atoms with Crippen LogP contribution in [-0.2, 0) is 0 Å². The van der Waals surface area contributed by atoms with Gasteiger partial charge in [0.2, 0.25) is 0 Å². The molecule has 0 saturated carbocycles. The average molecular weight is 314 g/mol. The number of carbonyl (C=O) groups is 1. The SMILES string of the molecule is NNc1nnc(-c2ccc(OC(F)(F)F)cc2)cc1C(=O)O. The Kier molecular flexibility index (Phi) is 4.13. The van der Waals surface area contributed by atoms with Crippen molar-refractivity contribution >= 4 is 11.8 Å². The third-order valence-corrected chi connectivity index (χ3v) is 2.54. The monoisotopic (exact) mass is 314 g/mol. The van der Waals surface area contributed by atoms with E-state index >= 15 is 0 Å². The van der Waals surface area contributed by atoms with Gasteiger partial charge in [-0.25, -0.2) is 10.6 Å². The molecule has 0 unspecified atom stereocenters. The number of hydrazine groups is 1. The van der Waals surface area contributed by atoms with Crippen molar-refractivity contribution in [2.24, 2.45) is 5.84 Å². The van der Waals surface area contributed by atoms with E-state index in [1.165, 1.54) is 18.2 Å². The van der Waals surface area contributed by atoms with E-state index < -0.39 is 18.1 Å². The van der Waals surface area contributed by atoms with Crippen molar-refractivity contribution in [1.29, 1.82) is 0 Å². The minimum Gasteiger partial charge on any atom is -0.478 e.